The quantitative estimate of drug-likeness (QED) is 0.840. The fraction of sp³-hybridized carbons (Fsp3) is 0.385. The van der Waals surface area contributed by atoms with E-state index < -0.39 is 0 Å². The smallest absolute Gasteiger partial charge is 0.137 e. The molecule has 2 N–H and O–H groups in total. The number of ether oxygens (including phenoxy) is 1. The number of hydrogen-bond donors (Lipinski definition) is 1. The molecule has 0 aromatic heterocycles. The van der Waals surface area contributed by atoms with E-state index in [2.05, 4.69) is 11.0 Å². The van der Waals surface area contributed by atoms with E-state index in [0.717, 1.165) is 25.2 Å². The molecule has 1 heterocycles. The third-order valence-electron chi connectivity index (χ3n) is 3.07. The molecule has 0 saturated carbocycles. The molecule has 0 aliphatic carbocycles. The molecule has 0 amide bonds. The lowest BCUT2D eigenvalue weighted by molar-refractivity contribution is 0.415. The fourth-order valence-electron chi connectivity index (χ4n) is 1.98. The molecule has 1 aromatic carbocycles. The van der Waals surface area contributed by atoms with Crippen molar-refractivity contribution in [2.24, 2.45) is 5.73 Å². The Balaban J connectivity index is 2.14. The Labute approximate surface area is 107 Å². The summed E-state index contributed by atoms with van der Waals surface area (Å²) in [5, 5.41) is 0.651. The van der Waals surface area contributed by atoms with E-state index in [9.17, 15) is 0 Å². The van der Waals surface area contributed by atoms with Gasteiger partial charge in [-0.1, -0.05) is 23.3 Å². The van der Waals surface area contributed by atoms with Crippen molar-refractivity contribution in [2.75, 3.05) is 31.6 Å². The number of nitrogens with zero attached hydrogens (tertiary/aromatic N) is 1. The molecule has 1 aromatic rings. The SMILES string of the molecule is COc1ccc(N2CC=C(CN)CC2)cc1Cl. The molecule has 1 aliphatic rings. The molecular formula is C13H17ClN2O. The van der Waals surface area contributed by atoms with Gasteiger partial charge in [0, 0.05) is 25.3 Å². The van der Waals surface area contributed by atoms with Crippen LogP contribution in [0.25, 0.3) is 0 Å². The van der Waals surface area contributed by atoms with Crippen molar-refractivity contribution in [3.63, 3.8) is 0 Å². The molecule has 0 unspecified atom stereocenters. The van der Waals surface area contributed by atoms with Crippen molar-refractivity contribution in [1.29, 1.82) is 0 Å². The van der Waals surface area contributed by atoms with Gasteiger partial charge in [-0.25, -0.2) is 0 Å². The van der Waals surface area contributed by atoms with Crippen molar-refractivity contribution in [3.05, 3.63) is 34.9 Å². The summed E-state index contributed by atoms with van der Waals surface area (Å²) in [5.41, 5.74) is 8.09. The monoisotopic (exact) mass is 252 g/mol. The van der Waals surface area contributed by atoms with Crippen molar-refractivity contribution < 1.29 is 4.74 Å². The van der Waals surface area contributed by atoms with Crippen LogP contribution in [0.15, 0.2) is 29.8 Å². The Bertz CT molecular complexity index is 431. The van der Waals surface area contributed by atoms with Crippen molar-refractivity contribution in [1.82, 2.24) is 0 Å². The maximum Gasteiger partial charge on any atom is 0.137 e. The molecule has 92 valence electrons. The van der Waals surface area contributed by atoms with E-state index in [1.807, 2.05) is 18.2 Å². The van der Waals surface area contributed by atoms with Crippen LogP contribution in [0.5, 0.6) is 5.75 Å². The maximum atomic E-state index is 6.12. The summed E-state index contributed by atoms with van der Waals surface area (Å²) >= 11 is 6.12. The van der Waals surface area contributed by atoms with E-state index in [0.29, 0.717) is 17.3 Å². The highest BCUT2D eigenvalue weighted by Gasteiger charge is 2.12. The van der Waals surface area contributed by atoms with Crippen LogP contribution in [0.2, 0.25) is 5.02 Å². The van der Waals surface area contributed by atoms with E-state index in [1.165, 1.54) is 5.57 Å². The van der Waals surface area contributed by atoms with Crippen LogP contribution in [-0.4, -0.2) is 26.7 Å². The first-order chi connectivity index (χ1) is 8.24. The van der Waals surface area contributed by atoms with E-state index in [1.54, 1.807) is 7.11 Å². The summed E-state index contributed by atoms with van der Waals surface area (Å²) in [6.45, 7) is 2.55. The summed E-state index contributed by atoms with van der Waals surface area (Å²) in [6, 6.07) is 5.88. The largest absolute Gasteiger partial charge is 0.495 e. The van der Waals surface area contributed by atoms with Crippen LogP contribution in [0.3, 0.4) is 0 Å². The first-order valence-corrected chi connectivity index (χ1v) is 6.09. The van der Waals surface area contributed by atoms with Gasteiger partial charge in [0.05, 0.1) is 12.1 Å². The summed E-state index contributed by atoms with van der Waals surface area (Å²) in [7, 11) is 1.62. The molecule has 0 fully saturated rings. The zero-order chi connectivity index (χ0) is 12.3. The molecule has 0 atom stereocenters. The highest BCUT2D eigenvalue weighted by Crippen LogP contribution is 2.30. The van der Waals surface area contributed by atoms with Gasteiger partial charge in [-0.2, -0.15) is 0 Å². The molecule has 3 nitrogen and oxygen atoms in total. The minimum absolute atomic E-state index is 0.651. The third-order valence-corrected chi connectivity index (χ3v) is 3.36. The van der Waals surface area contributed by atoms with Crippen LogP contribution >= 0.6 is 11.6 Å². The summed E-state index contributed by atoms with van der Waals surface area (Å²) in [5.74, 6) is 0.714. The number of anilines is 1. The minimum atomic E-state index is 0.651. The maximum absolute atomic E-state index is 6.12. The Kier molecular flexibility index (Phi) is 3.92. The first kappa shape index (κ1) is 12.3. The van der Waals surface area contributed by atoms with Gasteiger partial charge in [0.25, 0.3) is 0 Å². The molecule has 0 saturated heterocycles. The van der Waals surface area contributed by atoms with Gasteiger partial charge in [0.2, 0.25) is 0 Å². The number of hydrogen-bond acceptors (Lipinski definition) is 3. The van der Waals surface area contributed by atoms with E-state index in [4.69, 9.17) is 22.1 Å². The lowest BCUT2D eigenvalue weighted by Gasteiger charge is -2.28. The van der Waals surface area contributed by atoms with E-state index in [-0.39, 0.29) is 0 Å². The number of benzene rings is 1. The molecule has 2 rings (SSSR count). The van der Waals surface area contributed by atoms with Gasteiger partial charge >= 0.3 is 0 Å². The molecular weight excluding hydrogens is 236 g/mol. The second kappa shape index (κ2) is 5.43. The Morgan fingerprint density at radius 3 is 2.82 bits per heavy atom. The minimum Gasteiger partial charge on any atom is -0.495 e. The Morgan fingerprint density at radius 2 is 2.29 bits per heavy atom. The molecule has 17 heavy (non-hydrogen) atoms. The van der Waals surface area contributed by atoms with Crippen LogP contribution in [0.4, 0.5) is 5.69 Å². The molecule has 0 spiro atoms. The molecule has 0 bridgehead atoms. The average Bonchev–Trinajstić information content (AvgIpc) is 2.39. The fourth-order valence-corrected chi connectivity index (χ4v) is 2.24. The van der Waals surface area contributed by atoms with Gasteiger partial charge in [-0.05, 0) is 24.6 Å². The topological polar surface area (TPSA) is 38.5 Å². The van der Waals surface area contributed by atoms with Crippen LogP contribution in [0, 0.1) is 0 Å². The van der Waals surface area contributed by atoms with Gasteiger partial charge < -0.3 is 15.4 Å². The van der Waals surface area contributed by atoms with Crippen LogP contribution in [0.1, 0.15) is 6.42 Å². The lowest BCUT2D eigenvalue weighted by atomic mass is 10.1. The average molecular weight is 253 g/mol. The van der Waals surface area contributed by atoms with E-state index >= 15 is 0 Å². The number of methoxy groups -OCH3 is 1. The Morgan fingerprint density at radius 1 is 1.47 bits per heavy atom. The second-order valence-electron chi connectivity index (χ2n) is 4.08. The molecule has 0 radical (unpaired) electrons. The Hall–Kier alpha value is -1.19. The number of halogens is 1. The van der Waals surface area contributed by atoms with Crippen LogP contribution in [-0.2, 0) is 0 Å². The predicted molar refractivity (Wildman–Crippen MR) is 72.0 cm³/mol. The zero-order valence-corrected chi connectivity index (χ0v) is 10.7. The number of nitrogens with two attached hydrogens (primary N) is 1. The van der Waals surface area contributed by atoms with Gasteiger partial charge in [-0.15, -0.1) is 0 Å². The first-order valence-electron chi connectivity index (χ1n) is 5.71. The summed E-state index contributed by atoms with van der Waals surface area (Å²) in [6.07, 6.45) is 3.22. The normalized spacial score (nSPS) is 15.7. The van der Waals surface area contributed by atoms with Crippen LogP contribution < -0.4 is 15.4 Å². The zero-order valence-electron chi connectivity index (χ0n) is 9.95. The second-order valence-corrected chi connectivity index (χ2v) is 4.49. The van der Waals surface area contributed by atoms with Gasteiger partial charge in [-0.3, -0.25) is 0 Å². The standard InChI is InChI=1S/C13H17ClN2O/c1-17-13-3-2-11(8-12(13)14)16-6-4-10(9-15)5-7-16/h2-4,8H,5-7,9,15H2,1H3. The lowest BCUT2D eigenvalue weighted by Crippen LogP contribution is -2.29. The van der Waals surface area contributed by atoms with Gasteiger partial charge in [0.15, 0.2) is 0 Å². The third kappa shape index (κ3) is 2.73. The highest BCUT2D eigenvalue weighted by atomic mass is 35.5. The van der Waals surface area contributed by atoms with Gasteiger partial charge in [0.1, 0.15) is 5.75 Å². The summed E-state index contributed by atoms with van der Waals surface area (Å²) < 4.78 is 5.14. The summed E-state index contributed by atoms with van der Waals surface area (Å²) in [4.78, 5) is 2.28. The molecule has 1 aliphatic heterocycles. The highest BCUT2D eigenvalue weighted by molar-refractivity contribution is 6.32. The van der Waals surface area contributed by atoms with Crippen molar-refractivity contribution in [3.8, 4) is 5.75 Å². The predicted octanol–water partition coefficient (Wildman–Crippen LogP) is 2.44. The van der Waals surface area contributed by atoms with Crippen molar-refractivity contribution in [2.45, 2.75) is 6.42 Å². The molecule has 4 heteroatoms. The van der Waals surface area contributed by atoms with Crippen molar-refractivity contribution >= 4 is 17.3 Å². The number of rotatable bonds is 3.